The number of hydrogen-bond donors (Lipinski definition) is 2. The van der Waals surface area contributed by atoms with E-state index in [1.807, 2.05) is 19.9 Å². The Bertz CT molecular complexity index is 417. The zero-order chi connectivity index (χ0) is 12.4. The lowest BCUT2D eigenvalue weighted by Gasteiger charge is -2.29. The van der Waals surface area contributed by atoms with Crippen LogP contribution in [0.5, 0.6) is 0 Å². The summed E-state index contributed by atoms with van der Waals surface area (Å²) in [5.41, 5.74) is 0.904. The van der Waals surface area contributed by atoms with Crippen LogP contribution in [-0.4, -0.2) is 25.0 Å². The molecule has 2 N–H and O–H groups in total. The van der Waals surface area contributed by atoms with Crippen LogP contribution in [0.15, 0.2) is 10.5 Å². The largest absolute Gasteiger partial charge is 0.456 e. The Hall–Kier alpha value is -1.00. The van der Waals surface area contributed by atoms with Crippen molar-refractivity contribution < 1.29 is 9.21 Å². The molecule has 0 radical (unpaired) electrons. The van der Waals surface area contributed by atoms with E-state index in [1.54, 1.807) is 0 Å². The minimum absolute atomic E-state index is 0. The third-order valence-electron chi connectivity index (χ3n) is 3.35. The zero-order valence-electron chi connectivity index (χ0n) is 11.1. The number of furan rings is 1. The topological polar surface area (TPSA) is 54.3 Å². The number of halogens is 1. The summed E-state index contributed by atoms with van der Waals surface area (Å²) in [7, 11) is 0. The van der Waals surface area contributed by atoms with Gasteiger partial charge in [-0.1, -0.05) is 6.92 Å². The molecule has 2 atom stereocenters. The lowest BCUT2D eigenvalue weighted by atomic mass is 9.95. The van der Waals surface area contributed by atoms with Gasteiger partial charge in [0.25, 0.3) is 5.91 Å². The van der Waals surface area contributed by atoms with Crippen molar-refractivity contribution in [1.82, 2.24) is 10.6 Å². The summed E-state index contributed by atoms with van der Waals surface area (Å²) in [6.45, 7) is 7.83. The van der Waals surface area contributed by atoms with Gasteiger partial charge in [-0.25, -0.2) is 0 Å². The van der Waals surface area contributed by atoms with Gasteiger partial charge in [0, 0.05) is 11.6 Å². The van der Waals surface area contributed by atoms with Gasteiger partial charge in [-0.2, -0.15) is 0 Å². The van der Waals surface area contributed by atoms with Crippen LogP contribution >= 0.6 is 12.4 Å². The molecule has 18 heavy (non-hydrogen) atoms. The smallest absolute Gasteiger partial charge is 0.287 e. The van der Waals surface area contributed by atoms with E-state index >= 15 is 0 Å². The van der Waals surface area contributed by atoms with Crippen molar-refractivity contribution in [2.45, 2.75) is 33.2 Å². The molecule has 1 saturated heterocycles. The van der Waals surface area contributed by atoms with Crippen molar-refractivity contribution in [1.29, 1.82) is 0 Å². The molecule has 1 aromatic heterocycles. The fourth-order valence-electron chi connectivity index (χ4n) is 2.33. The molecule has 1 fully saturated rings. The molecule has 2 heterocycles. The van der Waals surface area contributed by atoms with Crippen LogP contribution in [0, 0.1) is 19.8 Å². The van der Waals surface area contributed by atoms with Gasteiger partial charge in [0.05, 0.1) is 0 Å². The Labute approximate surface area is 114 Å². The van der Waals surface area contributed by atoms with Crippen LogP contribution < -0.4 is 10.6 Å². The minimum Gasteiger partial charge on any atom is -0.456 e. The van der Waals surface area contributed by atoms with E-state index in [9.17, 15) is 4.79 Å². The molecule has 1 amide bonds. The van der Waals surface area contributed by atoms with E-state index in [0.717, 1.165) is 30.8 Å². The zero-order valence-corrected chi connectivity index (χ0v) is 11.9. The monoisotopic (exact) mass is 272 g/mol. The molecule has 0 aliphatic carbocycles. The van der Waals surface area contributed by atoms with Gasteiger partial charge in [-0.05, 0) is 45.3 Å². The summed E-state index contributed by atoms with van der Waals surface area (Å²) < 4.78 is 5.43. The van der Waals surface area contributed by atoms with E-state index in [4.69, 9.17) is 4.42 Å². The average molecular weight is 273 g/mol. The van der Waals surface area contributed by atoms with Gasteiger partial charge in [0.1, 0.15) is 5.76 Å². The first-order valence-electron chi connectivity index (χ1n) is 6.16. The highest BCUT2D eigenvalue weighted by atomic mass is 35.5. The lowest BCUT2D eigenvalue weighted by molar-refractivity contribution is 0.0884. The van der Waals surface area contributed by atoms with Crippen LogP contribution in [0.3, 0.4) is 0 Å². The summed E-state index contributed by atoms with van der Waals surface area (Å²) in [6, 6.07) is 2.13. The summed E-state index contributed by atoms with van der Waals surface area (Å²) >= 11 is 0. The van der Waals surface area contributed by atoms with Crippen LogP contribution in [0.1, 0.15) is 35.2 Å². The van der Waals surface area contributed by atoms with E-state index in [-0.39, 0.29) is 24.4 Å². The Morgan fingerprint density at radius 2 is 2.22 bits per heavy atom. The molecule has 0 aromatic carbocycles. The standard InChI is InChI=1S/C13H20N2O2.ClH/c1-8-6-10(3)17-12(8)13(16)15-11-4-5-14-7-9(11)2;/h6,9,11,14H,4-5,7H2,1-3H3,(H,15,16);1H. The number of hydrogen-bond acceptors (Lipinski definition) is 3. The molecular weight excluding hydrogens is 252 g/mol. The molecule has 102 valence electrons. The van der Waals surface area contributed by atoms with Crippen LogP contribution in [0.4, 0.5) is 0 Å². The van der Waals surface area contributed by atoms with Crippen molar-refractivity contribution in [3.63, 3.8) is 0 Å². The predicted molar refractivity (Wildman–Crippen MR) is 73.3 cm³/mol. The van der Waals surface area contributed by atoms with Gasteiger partial charge in [0.2, 0.25) is 0 Å². The predicted octanol–water partition coefficient (Wildman–Crippen LogP) is 2.05. The van der Waals surface area contributed by atoms with Gasteiger partial charge in [-0.3, -0.25) is 4.79 Å². The number of rotatable bonds is 2. The Kier molecular flexibility index (Phi) is 5.23. The van der Waals surface area contributed by atoms with Crippen LogP contribution in [0.2, 0.25) is 0 Å². The maximum absolute atomic E-state index is 12.1. The fourth-order valence-corrected chi connectivity index (χ4v) is 2.33. The van der Waals surface area contributed by atoms with Gasteiger partial charge in [0.15, 0.2) is 5.76 Å². The first-order chi connectivity index (χ1) is 8.08. The molecule has 2 rings (SSSR count). The molecule has 4 nitrogen and oxygen atoms in total. The number of nitrogens with one attached hydrogen (secondary N) is 2. The SMILES string of the molecule is Cc1cc(C)c(C(=O)NC2CCNCC2C)o1.Cl. The Balaban J connectivity index is 0.00000162. The van der Waals surface area contributed by atoms with Crippen molar-refractivity contribution in [3.05, 3.63) is 23.2 Å². The molecule has 0 saturated carbocycles. The number of piperidine rings is 1. The molecule has 1 aliphatic rings. The summed E-state index contributed by atoms with van der Waals surface area (Å²) in [6.07, 6.45) is 0.978. The quantitative estimate of drug-likeness (QED) is 0.866. The maximum atomic E-state index is 12.1. The number of aryl methyl sites for hydroxylation is 2. The molecule has 1 aliphatic heterocycles. The number of carbonyl (C=O) groups is 1. The van der Waals surface area contributed by atoms with E-state index in [0.29, 0.717) is 11.7 Å². The minimum atomic E-state index is -0.0886. The van der Waals surface area contributed by atoms with Crippen LogP contribution in [-0.2, 0) is 0 Å². The van der Waals surface area contributed by atoms with Gasteiger partial charge >= 0.3 is 0 Å². The average Bonchev–Trinajstić information content (AvgIpc) is 2.61. The number of amides is 1. The first-order valence-corrected chi connectivity index (χ1v) is 6.16. The van der Waals surface area contributed by atoms with Crippen molar-refractivity contribution >= 4 is 18.3 Å². The van der Waals surface area contributed by atoms with E-state index < -0.39 is 0 Å². The molecule has 0 bridgehead atoms. The molecule has 5 heteroatoms. The Morgan fingerprint density at radius 1 is 1.50 bits per heavy atom. The second-order valence-corrected chi connectivity index (χ2v) is 4.92. The van der Waals surface area contributed by atoms with Gasteiger partial charge in [-0.15, -0.1) is 12.4 Å². The van der Waals surface area contributed by atoms with Crippen molar-refractivity contribution in [2.75, 3.05) is 13.1 Å². The summed E-state index contributed by atoms with van der Waals surface area (Å²) in [4.78, 5) is 12.1. The highest BCUT2D eigenvalue weighted by Gasteiger charge is 2.24. The lowest BCUT2D eigenvalue weighted by Crippen LogP contribution is -2.48. The summed E-state index contributed by atoms with van der Waals surface area (Å²) in [5, 5.41) is 6.38. The van der Waals surface area contributed by atoms with Crippen LogP contribution in [0.25, 0.3) is 0 Å². The second kappa shape index (κ2) is 6.25. The normalized spacial score (nSPS) is 23.3. The Morgan fingerprint density at radius 3 is 2.78 bits per heavy atom. The summed E-state index contributed by atoms with van der Waals surface area (Å²) in [5.74, 6) is 1.61. The third kappa shape index (κ3) is 3.27. The van der Waals surface area contributed by atoms with Crippen molar-refractivity contribution in [3.8, 4) is 0 Å². The second-order valence-electron chi connectivity index (χ2n) is 4.92. The fraction of sp³-hybridized carbons (Fsp3) is 0.615. The van der Waals surface area contributed by atoms with Gasteiger partial charge < -0.3 is 15.1 Å². The van der Waals surface area contributed by atoms with E-state index in [2.05, 4.69) is 17.6 Å². The highest BCUT2D eigenvalue weighted by molar-refractivity contribution is 5.93. The third-order valence-corrected chi connectivity index (χ3v) is 3.35. The van der Waals surface area contributed by atoms with E-state index in [1.165, 1.54) is 0 Å². The first kappa shape index (κ1) is 15.1. The molecule has 1 aromatic rings. The van der Waals surface area contributed by atoms with Crippen molar-refractivity contribution in [2.24, 2.45) is 5.92 Å². The maximum Gasteiger partial charge on any atom is 0.287 e. The highest BCUT2D eigenvalue weighted by Crippen LogP contribution is 2.16. The molecule has 2 unspecified atom stereocenters. The molecular formula is C13H21ClN2O2. The number of carbonyl (C=O) groups excluding carboxylic acids is 1. The molecule has 0 spiro atoms.